The first kappa shape index (κ1) is 10.5. The Balaban J connectivity index is 2.23. The summed E-state index contributed by atoms with van der Waals surface area (Å²) in [7, 11) is 0. The van der Waals surface area contributed by atoms with Gasteiger partial charge in [-0.3, -0.25) is 4.79 Å². The molecule has 13 heavy (non-hydrogen) atoms. The number of allylic oxidation sites excluding steroid dienone is 2. The molecule has 1 aliphatic rings. The van der Waals surface area contributed by atoms with Crippen LogP contribution < -0.4 is 0 Å². The molecular weight excluding hydrogens is 160 g/mol. The van der Waals surface area contributed by atoms with Crippen molar-refractivity contribution in [1.29, 1.82) is 0 Å². The Kier molecular flexibility index (Phi) is 3.71. The molecule has 1 aliphatic carbocycles. The predicted octanol–water partition coefficient (Wildman–Crippen LogP) is 3.20. The summed E-state index contributed by atoms with van der Waals surface area (Å²) >= 11 is 0. The van der Waals surface area contributed by atoms with Crippen molar-refractivity contribution in [1.82, 2.24) is 0 Å². The largest absolute Gasteiger partial charge is 0.295 e. The third-order valence-electron chi connectivity index (χ3n) is 2.95. The van der Waals surface area contributed by atoms with Crippen LogP contribution in [0.4, 0.5) is 0 Å². The molecular formula is C12H20O. The van der Waals surface area contributed by atoms with Gasteiger partial charge < -0.3 is 0 Å². The Morgan fingerprint density at radius 2 is 2.08 bits per heavy atom. The first-order valence-electron chi connectivity index (χ1n) is 5.35. The molecule has 74 valence electrons. The SMILES string of the molecule is CCC1CC(/C=C/C(=O)C(C)C)C1. The first-order valence-corrected chi connectivity index (χ1v) is 5.35. The highest BCUT2D eigenvalue weighted by Gasteiger charge is 2.25. The lowest BCUT2D eigenvalue weighted by Crippen LogP contribution is -2.21. The highest BCUT2D eigenvalue weighted by Crippen LogP contribution is 2.36. The molecule has 0 atom stereocenters. The van der Waals surface area contributed by atoms with E-state index in [0.29, 0.717) is 5.92 Å². The maximum atomic E-state index is 11.3. The number of carbonyl (C=O) groups excluding carboxylic acids is 1. The number of rotatable bonds is 4. The summed E-state index contributed by atoms with van der Waals surface area (Å²) in [4.78, 5) is 11.3. The Labute approximate surface area is 81.2 Å². The van der Waals surface area contributed by atoms with E-state index in [1.807, 2.05) is 13.8 Å². The van der Waals surface area contributed by atoms with Gasteiger partial charge in [-0.2, -0.15) is 0 Å². The lowest BCUT2D eigenvalue weighted by molar-refractivity contribution is -0.117. The van der Waals surface area contributed by atoms with Crippen LogP contribution >= 0.6 is 0 Å². The zero-order valence-electron chi connectivity index (χ0n) is 8.92. The lowest BCUT2D eigenvalue weighted by atomic mass is 9.73. The van der Waals surface area contributed by atoms with Gasteiger partial charge in [-0.1, -0.05) is 33.3 Å². The highest BCUT2D eigenvalue weighted by molar-refractivity contribution is 5.91. The van der Waals surface area contributed by atoms with Gasteiger partial charge in [0.1, 0.15) is 0 Å². The molecule has 0 bridgehead atoms. The van der Waals surface area contributed by atoms with Crippen LogP contribution in [0.1, 0.15) is 40.0 Å². The standard InChI is InChI=1S/C12H20O/c1-4-10-7-11(8-10)5-6-12(13)9(2)3/h5-6,9-11H,4,7-8H2,1-3H3/b6-5+. The minimum atomic E-state index is 0.151. The van der Waals surface area contributed by atoms with Crippen molar-refractivity contribution in [2.75, 3.05) is 0 Å². The van der Waals surface area contributed by atoms with E-state index >= 15 is 0 Å². The third-order valence-corrected chi connectivity index (χ3v) is 2.95. The summed E-state index contributed by atoms with van der Waals surface area (Å²) in [6, 6.07) is 0. The van der Waals surface area contributed by atoms with Crippen molar-refractivity contribution in [3.63, 3.8) is 0 Å². The zero-order chi connectivity index (χ0) is 9.84. The first-order chi connectivity index (χ1) is 6.13. The number of hydrogen-bond acceptors (Lipinski definition) is 1. The number of hydrogen-bond donors (Lipinski definition) is 0. The Hall–Kier alpha value is -0.590. The van der Waals surface area contributed by atoms with Crippen LogP contribution in [-0.4, -0.2) is 5.78 Å². The Morgan fingerprint density at radius 1 is 1.46 bits per heavy atom. The van der Waals surface area contributed by atoms with E-state index in [1.165, 1.54) is 19.3 Å². The lowest BCUT2D eigenvalue weighted by Gasteiger charge is -2.32. The van der Waals surface area contributed by atoms with Crippen LogP contribution in [0.5, 0.6) is 0 Å². The molecule has 1 fully saturated rings. The van der Waals surface area contributed by atoms with Crippen LogP contribution in [-0.2, 0) is 4.79 Å². The van der Waals surface area contributed by atoms with Gasteiger partial charge >= 0.3 is 0 Å². The quantitative estimate of drug-likeness (QED) is 0.607. The highest BCUT2D eigenvalue weighted by atomic mass is 16.1. The van der Waals surface area contributed by atoms with Crippen LogP contribution in [0.2, 0.25) is 0 Å². The van der Waals surface area contributed by atoms with E-state index in [4.69, 9.17) is 0 Å². The fraction of sp³-hybridized carbons (Fsp3) is 0.750. The van der Waals surface area contributed by atoms with Gasteiger partial charge in [-0.25, -0.2) is 0 Å². The number of ketones is 1. The summed E-state index contributed by atoms with van der Waals surface area (Å²) in [5.41, 5.74) is 0. The van der Waals surface area contributed by atoms with Crippen molar-refractivity contribution in [2.24, 2.45) is 17.8 Å². The molecule has 0 N–H and O–H groups in total. The molecule has 0 aromatic carbocycles. The molecule has 0 aromatic rings. The van der Waals surface area contributed by atoms with Gasteiger partial charge in [-0.15, -0.1) is 0 Å². The topological polar surface area (TPSA) is 17.1 Å². The van der Waals surface area contributed by atoms with Crippen LogP contribution in [0.3, 0.4) is 0 Å². The fourth-order valence-electron chi connectivity index (χ4n) is 1.70. The van der Waals surface area contributed by atoms with Crippen molar-refractivity contribution >= 4 is 5.78 Å². The average molecular weight is 180 g/mol. The van der Waals surface area contributed by atoms with Crippen molar-refractivity contribution in [3.05, 3.63) is 12.2 Å². The summed E-state index contributed by atoms with van der Waals surface area (Å²) in [6.45, 7) is 6.13. The van der Waals surface area contributed by atoms with Crippen LogP contribution in [0.15, 0.2) is 12.2 Å². The van der Waals surface area contributed by atoms with Gasteiger partial charge in [-0.05, 0) is 30.8 Å². The molecule has 1 saturated carbocycles. The smallest absolute Gasteiger partial charge is 0.157 e. The second kappa shape index (κ2) is 4.59. The second-order valence-corrected chi connectivity index (χ2v) is 4.42. The molecule has 0 saturated heterocycles. The summed E-state index contributed by atoms with van der Waals surface area (Å²) < 4.78 is 0. The average Bonchev–Trinajstić information content (AvgIpc) is 2.01. The van der Waals surface area contributed by atoms with E-state index in [2.05, 4.69) is 13.0 Å². The monoisotopic (exact) mass is 180 g/mol. The van der Waals surface area contributed by atoms with Gasteiger partial charge in [0, 0.05) is 5.92 Å². The molecule has 0 aromatic heterocycles. The normalized spacial score (nSPS) is 28.0. The van der Waals surface area contributed by atoms with Crippen LogP contribution in [0, 0.1) is 17.8 Å². The van der Waals surface area contributed by atoms with Crippen LogP contribution in [0.25, 0.3) is 0 Å². The molecule has 1 nitrogen and oxygen atoms in total. The molecule has 1 rings (SSSR count). The van der Waals surface area contributed by atoms with Gasteiger partial charge in [0.2, 0.25) is 0 Å². The zero-order valence-corrected chi connectivity index (χ0v) is 8.92. The van der Waals surface area contributed by atoms with E-state index < -0.39 is 0 Å². The third kappa shape index (κ3) is 2.98. The molecule has 0 spiro atoms. The van der Waals surface area contributed by atoms with E-state index in [-0.39, 0.29) is 11.7 Å². The summed E-state index contributed by atoms with van der Waals surface area (Å²) in [6.07, 6.45) is 7.76. The molecule has 0 amide bonds. The maximum Gasteiger partial charge on any atom is 0.157 e. The molecule has 1 heteroatoms. The van der Waals surface area contributed by atoms with E-state index in [1.54, 1.807) is 6.08 Å². The van der Waals surface area contributed by atoms with Gasteiger partial charge in [0.05, 0.1) is 0 Å². The predicted molar refractivity (Wildman–Crippen MR) is 55.5 cm³/mol. The van der Waals surface area contributed by atoms with E-state index in [9.17, 15) is 4.79 Å². The molecule has 0 radical (unpaired) electrons. The van der Waals surface area contributed by atoms with Crippen molar-refractivity contribution < 1.29 is 4.79 Å². The Morgan fingerprint density at radius 3 is 2.54 bits per heavy atom. The van der Waals surface area contributed by atoms with Crippen molar-refractivity contribution in [2.45, 2.75) is 40.0 Å². The second-order valence-electron chi connectivity index (χ2n) is 4.42. The summed E-state index contributed by atoms with van der Waals surface area (Å²) in [5.74, 6) is 2.02. The molecule has 0 heterocycles. The fourth-order valence-corrected chi connectivity index (χ4v) is 1.70. The maximum absolute atomic E-state index is 11.3. The van der Waals surface area contributed by atoms with Gasteiger partial charge in [0.25, 0.3) is 0 Å². The minimum absolute atomic E-state index is 0.151. The molecule has 0 unspecified atom stereocenters. The van der Waals surface area contributed by atoms with Crippen molar-refractivity contribution in [3.8, 4) is 0 Å². The minimum Gasteiger partial charge on any atom is -0.295 e. The van der Waals surface area contributed by atoms with E-state index in [0.717, 1.165) is 5.92 Å². The Bertz CT molecular complexity index is 197. The molecule has 0 aliphatic heterocycles. The summed E-state index contributed by atoms with van der Waals surface area (Å²) in [5, 5.41) is 0. The van der Waals surface area contributed by atoms with Gasteiger partial charge in [0.15, 0.2) is 5.78 Å². The number of carbonyl (C=O) groups is 1.